The number of nitrogens with zero attached hydrogens (tertiary/aromatic N) is 2. The molecule has 1 aliphatic rings. The average molecular weight is 558 g/mol. The van der Waals surface area contributed by atoms with Gasteiger partial charge >= 0.3 is 0 Å². The molecule has 8 nitrogen and oxygen atoms in total. The van der Waals surface area contributed by atoms with Crippen molar-refractivity contribution in [3.05, 3.63) is 81.5 Å². The van der Waals surface area contributed by atoms with Gasteiger partial charge in [0.2, 0.25) is 5.69 Å². The molecule has 4 aromatic rings. The second-order valence-electron chi connectivity index (χ2n) is 10.3. The Morgan fingerprint density at radius 3 is 2.46 bits per heavy atom. The summed E-state index contributed by atoms with van der Waals surface area (Å²) in [6, 6.07) is 14.8. The largest absolute Gasteiger partial charge is 0.493 e. The fourth-order valence-electron chi connectivity index (χ4n) is 5.80. The number of methoxy groups -OCH3 is 3. The molecule has 0 bridgehead atoms. The van der Waals surface area contributed by atoms with Crippen LogP contribution >= 0.6 is 0 Å². The van der Waals surface area contributed by atoms with E-state index in [1.165, 1.54) is 53.6 Å². The van der Waals surface area contributed by atoms with Crippen molar-refractivity contribution in [3.63, 3.8) is 0 Å². The Bertz CT molecular complexity index is 1580. The maximum atomic E-state index is 11.2. The summed E-state index contributed by atoms with van der Waals surface area (Å²) in [7, 11) is 5.00. The van der Waals surface area contributed by atoms with Gasteiger partial charge in [-0.1, -0.05) is 38.3 Å². The van der Waals surface area contributed by atoms with Gasteiger partial charge in [-0.05, 0) is 48.2 Å². The van der Waals surface area contributed by atoms with E-state index in [-0.39, 0.29) is 12.3 Å². The molecule has 0 saturated carbocycles. The molecule has 8 heteroatoms. The number of non-ortho nitro benzene ring substituents is 1. The van der Waals surface area contributed by atoms with E-state index in [0.717, 1.165) is 53.8 Å². The second-order valence-corrected chi connectivity index (χ2v) is 10.3. The first-order valence-electron chi connectivity index (χ1n) is 14.2. The topological polar surface area (TPSA) is 83.9 Å². The van der Waals surface area contributed by atoms with Crippen LogP contribution in [-0.4, -0.2) is 26.3 Å². The standard InChI is InChI=1S/C33H37N2O6/c1-5-6-7-8-12-26-25-13-14-29(38-2)33(40-4)28(25)20-34-16-15-23-18-31(30(39-3)19-27(23)32(26)34)41-21-22-10-9-11-24(17-22)35(36)37/h9-11,13-14,17-20H,5-8,12,15-16,21H2,1-4H3/q+1. The smallest absolute Gasteiger partial charge is 0.269 e. The highest BCUT2D eigenvalue weighted by Gasteiger charge is 2.31. The number of ether oxygens (including phenoxy) is 4. The molecule has 41 heavy (non-hydrogen) atoms. The molecule has 0 unspecified atom stereocenters. The number of hydrogen-bond donors (Lipinski definition) is 0. The molecule has 5 rings (SSSR count). The Morgan fingerprint density at radius 1 is 0.902 bits per heavy atom. The van der Waals surface area contributed by atoms with Gasteiger partial charge in [-0.3, -0.25) is 10.1 Å². The number of rotatable bonds is 12. The van der Waals surface area contributed by atoms with Crippen molar-refractivity contribution in [1.82, 2.24) is 0 Å². The number of benzene rings is 3. The van der Waals surface area contributed by atoms with Crippen molar-refractivity contribution in [2.75, 3.05) is 21.3 Å². The molecule has 0 N–H and O–H groups in total. The predicted octanol–water partition coefficient (Wildman–Crippen LogP) is 6.99. The van der Waals surface area contributed by atoms with Crippen LogP contribution in [0.4, 0.5) is 5.69 Å². The Kier molecular flexibility index (Phi) is 8.57. The van der Waals surface area contributed by atoms with E-state index in [4.69, 9.17) is 18.9 Å². The third-order valence-corrected chi connectivity index (χ3v) is 7.83. The van der Waals surface area contributed by atoms with Gasteiger partial charge < -0.3 is 18.9 Å². The molecule has 1 aliphatic heterocycles. The van der Waals surface area contributed by atoms with Gasteiger partial charge in [0.1, 0.15) is 6.61 Å². The summed E-state index contributed by atoms with van der Waals surface area (Å²) >= 11 is 0. The van der Waals surface area contributed by atoms with Gasteiger partial charge in [-0.25, -0.2) is 0 Å². The zero-order valence-corrected chi connectivity index (χ0v) is 24.2. The van der Waals surface area contributed by atoms with E-state index in [1.54, 1.807) is 27.4 Å². The Labute approximate surface area is 240 Å². The zero-order valence-electron chi connectivity index (χ0n) is 24.2. The van der Waals surface area contributed by atoms with Gasteiger partial charge in [0.15, 0.2) is 35.7 Å². The Hall–Kier alpha value is -4.33. The maximum absolute atomic E-state index is 11.2. The van der Waals surface area contributed by atoms with Crippen LogP contribution < -0.4 is 23.5 Å². The van der Waals surface area contributed by atoms with Crippen molar-refractivity contribution < 1.29 is 28.4 Å². The number of hydrogen-bond acceptors (Lipinski definition) is 6. The number of aryl methyl sites for hydroxylation is 3. The molecule has 0 fully saturated rings. The average Bonchev–Trinajstić information content (AvgIpc) is 3.00. The molecule has 214 valence electrons. The zero-order chi connectivity index (χ0) is 28.9. The van der Waals surface area contributed by atoms with Crippen LogP contribution in [0.1, 0.15) is 49.3 Å². The number of fused-ring (bicyclic) bond motifs is 4. The highest BCUT2D eigenvalue weighted by Crippen LogP contribution is 2.43. The van der Waals surface area contributed by atoms with Crippen molar-refractivity contribution in [2.24, 2.45) is 0 Å². The van der Waals surface area contributed by atoms with Gasteiger partial charge in [0.25, 0.3) is 5.69 Å². The summed E-state index contributed by atoms with van der Waals surface area (Å²) in [5.74, 6) is 2.74. The summed E-state index contributed by atoms with van der Waals surface area (Å²) in [4.78, 5) is 10.8. The van der Waals surface area contributed by atoms with E-state index in [0.29, 0.717) is 11.5 Å². The highest BCUT2D eigenvalue weighted by atomic mass is 16.6. The van der Waals surface area contributed by atoms with Gasteiger partial charge in [0, 0.05) is 29.5 Å². The number of nitro benzene ring substituents is 1. The molecule has 0 saturated heterocycles. The molecular formula is C33H37N2O6+. The van der Waals surface area contributed by atoms with Crippen LogP contribution in [0.5, 0.6) is 23.0 Å². The number of nitro groups is 1. The van der Waals surface area contributed by atoms with Gasteiger partial charge in [-0.2, -0.15) is 4.57 Å². The third-order valence-electron chi connectivity index (χ3n) is 7.83. The van der Waals surface area contributed by atoms with E-state index < -0.39 is 4.92 Å². The molecular weight excluding hydrogens is 520 g/mol. The van der Waals surface area contributed by atoms with E-state index >= 15 is 0 Å². The molecule has 0 atom stereocenters. The first-order chi connectivity index (χ1) is 20.0. The van der Waals surface area contributed by atoms with Crippen LogP contribution in [0, 0.1) is 10.1 Å². The SMILES string of the molecule is CCCCCCc1c2[n+](cc3c(OC)c(OC)ccc13)CCc1cc(OCc3cccc([N+](=O)[O-])c3)c(OC)cc1-2. The lowest BCUT2D eigenvalue weighted by Crippen LogP contribution is -2.41. The van der Waals surface area contributed by atoms with E-state index in [2.05, 4.69) is 35.9 Å². The van der Waals surface area contributed by atoms with Gasteiger partial charge in [0.05, 0.1) is 37.2 Å². The number of pyridine rings is 1. The minimum absolute atomic E-state index is 0.0464. The first-order valence-corrected chi connectivity index (χ1v) is 14.2. The monoisotopic (exact) mass is 557 g/mol. The summed E-state index contributed by atoms with van der Waals surface area (Å²) < 4.78 is 25.8. The second kappa shape index (κ2) is 12.5. The lowest BCUT2D eigenvalue weighted by Gasteiger charge is -2.22. The molecule has 1 aromatic heterocycles. The summed E-state index contributed by atoms with van der Waals surface area (Å²) in [6.07, 6.45) is 8.65. The molecule has 0 aliphatic carbocycles. The normalized spacial score (nSPS) is 12.0. The number of unbranched alkanes of at least 4 members (excludes halogenated alkanes) is 3. The summed E-state index contributed by atoms with van der Waals surface area (Å²) in [5, 5.41) is 13.4. The first kappa shape index (κ1) is 28.2. The highest BCUT2D eigenvalue weighted by molar-refractivity contribution is 5.95. The quantitative estimate of drug-likeness (QED) is 0.0808. The predicted molar refractivity (Wildman–Crippen MR) is 158 cm³/mol. The maximum Gasteiger partial charge on any atom is 0.269 e. The van der Waals surface area contributed by atoms with Crippen LogP contribution in [-0.2, 0) is 26.0 Å². The molecule has 0 amide bonds. The van der Waals surface area contributed by atoms with Crippen LogP contribution in [0.15, 0.2) is 54.7 Å². The fraction of sp³-hybridized carbons (Fsp3) is 0.364. The van der Waals surface area contributed by atoms with Crippen molar-refractivity contribution in [1.29, 1.82) is 0 Å². The van der Waals surface area contributed by atoms with Gasteiger partial charge in [-0.15, -0.1) is 0 Å². The minimum Gasteiger partial charge on any atom is -0.493 e. The molecule has 2 heterocycles. The minimum atomic E-state index is -0.396. The Balaban J connectivity index is 1.58. The van der Waals surface area contributed by atoms with E-state index in [1.807, 2.05) is 12.1 Å². The fourth-order valence-corrected chi connectivity index (χ4v) is 5.80. The lowest BCUT2D eigenvalue weighted by atomic mass is 9.89. The molecule has 0 radical (unpaired) electrons. The summed E-state index contributed by atoms with van der Waals surface area (Å²) in [6.45, 7) is 3.25. The van der Waals surface area contributed by atoms with Crippen molar-refractivity contribution in [2.45, 2.75) is 58.6 Å². The molecule has 3 aromatic carbocycles. The lowest BCUT2D eigenvalue weighted by molar-refractivity contribution is -0.686. The van der Waals surface area contributed by atoms with E-state index in [9.17, 15) is 10.1 Å². The molecule has 0 spiro atoms. The number of aromatic nitrogens is 1. The summed E-state index contributed by atoms with van der Waals surface area (Å²) in [5.41, 5.74) is 5.60. The van der Waals surface area contributed by atoms with Crippen LogP contribution in [0.3, 0.4) is 0 Å². The van der Waals surface area contributed by atoms with Crippen LogP contribution in [0.2, 0.25) is 0 Å². The van der Waals surface area contributed by atoms with Crippen molar-refractivity contribution in [3.8, 4) is 34.3 Å². The van der Waals surface area contributed by atoms with Crippen molar-refractivity contribution >= 4 is 16.5 Å². The van der Waals surface area contributed by atoms with Crippen LogP contribution in [0.25, 0.3) is 22.0 Å². The Morgan fingerprint density at radius 2 is 1.73 bits per heavy atom. The third kappa shape index (κ3) is 5.64.